The van der Waals surface area contributed by atoms with E-state index in [1.54, 1.807) is 7.11 Å². The van der Waals surface area contributed by atoms with Gasteiger partial charge in [0.05, 0.1) is 23.6 Å². The van der Waals surface area contributed by atoms with Crippen LogP contribution in [0.4, 0.5) is 0 Å². The Balaban J connectivity index is 2.10. The first-order valence-electron chi connectivity index (χ1n) is 7.24. The van der Waals surface area contributed by atoms with Gasteiger partial charge in [-0.05, 0) is 31.7 Å². The van der Waals surface area contributed by atoms with Crippen LogP contribution in [0.2, 0.25) is 0 Å². The van der Waals surface area contributed by atoms with Gasteiger partial charge >= 0.3 is 0 Å². The van der Waals surface area contributed by atoms with Gasteiger partial charge in [-0.2, -0.15) is 0 Å². The van der Waals surface area contributed by atoms with Crippen LogP contribution >= 0.6 is 11.3 Å². The quantitative estimate of drug-likeness (QED) is 0.817. The summed E-state index contributed by atoms with van der Waals surface area (Å²) in [4.78, 5) is 15.5. The maximum Gasteiger partial charge on any atom is 0.255 e. The molecule has 114 valence electrons. The third kappa shape index (κ3) is 4.31. The first-order chi connectivity index (χ1) is 10.2. The van der Waals surface area contributed by atoms with Crippen LogP contribution in [0.1, 0.15) is 35.0 Å². The van der Waals surface area contributed by atoms with E-state index in [9.17, 15) is 4.79 Å². The first-order valence-corrected chi connectivity index (χ1v) is 8.12. The fraction of sp³-hybridized carbons (Fsp3) is 0.562. The number of thiophene rings is 1. The molecule has 1 unspecified atom stereocenters. The molecule has 1 aromatic rings. The van der Waals surface area contributed by atoms with Crippen LogP contribution in [0.25, 0.3) is 0 Å². The Morgan fingerprint density at radius 2 is 2.38 bits per heavy atom. The normalized spacial score (nSPS) is 15.2. The minimum absolute atomic E-state index is 0.0727. The van der Waals surface area contributed by atoms with E-state index >= 15 is 0 Å². The first kappa shape index (κ1) is 16.0. The molecule has 0 aromatic carbocycles. The smallest absolute Gasteiger partial charge is 0.255 e. The zero-order valence-corrected chi connectivity index (χ0v) is 13.4. The van der Waals surface area contributed by atoms with Gasteiger partial charge < -0.3 is 15.4 Å². The van der Waals surface area contributed by atoms with Crippen molar-refractivity contribution >= 4 is 17.2 Å². The monoisotopic (exact) mass is 306 g/mol. The van der Waals surface area contributed by atoms with Crippen molar-refractivity contribution in [2.75, 3.05) is 26.8 Å². The van der Waals surface area contributed by atoms with Crippen LogP contribution < -0.4 is 5.73 Å². The highest BCUT2D eigenvalue weighted by Crippen LogP contribution is 2.35. The van der Waals surface area contributed by atoms with E-state index in [0.717, 1.165) is 4.88 Å². The molecule has 21 heavy (non-hydrogen) atoms. The van der Waals surface area contributed by atoms with Crippen molar-refractivity contribution in [3.8, 4) is 11.8 Å². The Bertz CT molecular complexity index is 540. The van der Waals surface area contributed by atoms with Crippen LogP contribution in [-0.4, -0.2) is 43.7 Å². The van der Waals surface area contributed by atoms with Crippen LogP contribution in [0.5, 0.6) is 0 Å². The molecule has 0 aliphatic heterocycles. The van der Waals surface area contributed by atoms with E-state index in [4.69, 9.17) is 10.5 Å². The molecule has 0 bridgehead atoms. The van der Waals surface area contributed by atoms with Gasteiger partial charge in [-0.3, -0.25) is 4.79 Å². The van der Waals surface area contributed by atoms with Gasteiger partial charge in [0.25, 0.3) is 5.91 Å². The van der Waals surface area contributed by atoms with Crippen molar-refractivity contribution < 1.29 is 9.53 Å². The van der Waals surface area contributed by atoms with E-state index in [-0.39, 0.29) is 11.9 Å². The average Bonchev–Trinajstić information content (AvgIpc) is 3.23. The third-order valence-electron chi connectivity index (χ3n) is 3.75. The number of ether oxygens (including phenoxy) is 1. The molecule has 1 atom stereocenters. The summed E-state index contributed by atoms with van der Waals surface area (Å²) in [5.41, 5.74) is 6.08. The van der Waals surface area contributed by atoms with Crippen molar-refractivity contribution in [2.45, 2.75) is 25.8 Å². The summed E-state index contributed by atoms with van der Waals surface area (Å²) >= 11 is 1.49. The van der Waals surface area contributed by atoms with Crippen molar-refractivity contribution in [1.82, 2.24) is 4.90 Å². The molecule has 2 rings (SSSR count). The van der Waals surface area contributed by atoms with Crippen molar-refractivity contribution in [3.05, 3.63) is 21.9 Å². The Morgan fingerprint density at radius 3 is 3.00 bits per heavy atom. The molecule has 5 heteroatoms. The maximum atomic E-state index is 12.7. The number of carbonyl (C=O) groups is 1. The summed E-state index contributed by atoms with van der Waals surface area (Å²) in [6.07, 6.45) is 2.43. The summed E-state index contributed by atoms with van der Waals surface area (Å²) < 4.78 is 5.14. The van der Waals surface area contributed by atoms with E-state index in [0.29, 0.717) is 31.2 Å². The molecule has 1 aliphatic carbocycles. The number of hydrogen-bond donors (Lipinski definition) is 1. The Hall–Kier alpha value is -1.35. The minimum atomic E-state index is 0.0727. The van der Waals surface area contributed by atoms with Gasteiger partial charge in [0.1, 0.15) is 0 Å². The number of nitrogens with zero attached hydrogens (tertiary/aromatic N) is 1. The molecule has 1 amide bonds. The van der Waals surface area contributed by atoms with Gasteiger partial charge in [-0.25, -0.2) is 0 Å². The molecule has 0 radical (unpaired) electrons. The predicted octanol–water partition coefficient (Wildman–Crippen LogP) is 1.95. The van der Waals surface area contributed by atoms with Crippen molar-refractivity contribution in [1.29, 1.82) is 0 Å². The highest BCUT2D eigenvalue weighted by atomic mass is 32.1. The van der Waals surface area contributed by atoms with Gasteiger partial charge in [-0.15, -0.1) is 11.3 Å². The number of rotatable bonds is 6. The summed E-state index contributed by atoms with van der Waals surface area (Å²) in [5.74, 6) is 6.50. The number of methoxy groups -OCH3 is 1. The van der Waals surface area contributed by atoms with E-state index < -0.39 is 0 Å². The summed E-state index contributed by atoms with van der Waals surface area (Å²) in [6.45, 7) is 3.66. The molecule has 2 N–H and O–H groups in total. The molecular formula is C16H22N2O2S. The second-order valence-corrected chi connectivity index (χ2v) is 6.19. The lowest BCUT2D eigenvalue weighted by molar-refractivity contribution is 0.0595. The van der Waals surface area contributed by atoms with Crippen molar-refractivity contribution in [2.24, 2.45) is 11.7 Å². The molecule has 4 nitrogen and oxygen atoms in total. The highest BCUT2D eigenvalue weighted by molar-refractivity contribution is 7.10. The molecule has 1 fully saturated rings. The Labute approximate surface area is 130 Å². The highest BCUT2D eigenvalue weighted by Gasteiger charge is 2.34. The number of amides is 1. The van der Waals surface area contributed by atoms with E-state index in [1.807, 2.05) is 16.3 Å². The molecule has 0 saturated heterocycles. The van der Waals surface area contributed by atoms with E-state index in [2.05, 4.69) is 18.8 Å². The Morgan fingerprint density at radius 1 is 1.62 bits per heavy atom. The number of carbonyl (C=O) groups excluding carboxylic acids is 1. The SMILES string of the molecule is COCCN(C(=O)c1csc(C#CCN)c1)C(C)C1CC1. The summed E-state index contributed by atoms with van der Waals surface area (Å²) in [7, 11) is 1.66. The average molecular weight is 306 g/mol. The second-order valence-electron chi connectivity index (χ2n) is 5.27. The molecule has 1 aliphatic rings. The molecule has 1 saturated carbocycles. The maximum absolute atomic E-state index is 12.7. The Kier molecular flexibility index (Phi) is 5.80. The van der Waals surface area contributed by atoms with Gasteiger partial charge in [0, 0.05) is 25.1 Å². The zero-order chi connectivity index (χ0) is 15.2. The van der Waals surface area contributed by atoms with E-state index in [1.165, 1.54) is 24.2 Å². The van der Waals surface area contributed by atoms with Crippen LogP contribution in [0.3, 0.4) is 0 Å². The van der Waals surface area contributed by atoms with Gasteiger partial charge in [0.2, 0.25) is 0 Å². The van der Waals surface area contributed by atoms with Gasteiger partial charge in [0.15, 0.2) is 0 Å². The molecule has 0 spiro atoms. The molecule has 1 aromatic heterocycles. The lowest BCUT2D eigenvalue weighted by Gasteiger charge is -2.29. The van der Waals surface area contributed by atoms with Crippen LogP contribution in [-0.2, 0) is 4.74 Å². The molecular weight excluding hydrogens is 284 g/mol. The van der Waals surface area contributed by atoms with Crippen LogP contribution in [0.15, 0.2) is 11.4 Å². The molecule has 1 heterocycles. The third-order valence-corrected chi connectivity index (χ3v) is 4.60. The second kappa shape index (κ2) is 7.60. The lowest BCUT2D eigenvalue weighted by Crippen LogP contribution is -2.41. The predicted molar refractivity (Wildman–Crippen MR) is 85.3 cm³/mol. The fourth-order valence-corrected chi connectivity index (χ4v) is 3.08. The number of hydrogen-bond acceptors (Lipinski definition) is 4. The van der Waals surface area contributed by atoms with Crippen molar-refractivity contribution in [3.63, 3.8) is 0 Å². The topological polar surface area (TPSA) is 55.6 Å². The van der Waals surface area contributed by atoms with Gasteiger partial charge in [-0.1, -0.05) is 11.8 Å². The standard InChI is InChI=1S/C16H22N2O2S/c1-12(13-5-6-13)18(8-9-20-2)16(19)14-10-15(21-11-14)4-3-7-17/h10-13H,5-9,17H2,1-2H3. The largest absolute Gasteiger partial charge is 0.383 e. The number of nitrogens with two attached hydrogens (primary N) is 1. The lowest BCUT2D eigenvalue weighted by atomic mass is 10.1. The minimum Gasteiger partial charge on any atom is -0.383 e. The zero-order valence-electron chi connectivity index (χ0n) is 12.6. The fourth-order valence-electron chi connectivity index (χ4n) is 2.33. The summed E-state index contributed by atoms with van der Waals surface area (Å²) in [6, 6.07) is 2.13. The van der Waals surface area contributed by atoms with Crippen LogP contribution in [0, 0.1) is 17.8 Å². The summed E-state index contributed by atoms with van der Waals surface area (Å²) in [5, 5.41) is 1.88.